The fourth-order valence-corrected chi connectivity index (χ4v) is 1.82. The summed E-state index contributed by atoms with van der Waals surface area (Å²) in [6.07, 6.45) is -2.32. The zero-order valence-corrected chi connectivity index (χ0v) is 12.9. The Kier molecular flexibility index (Phi) is 5.02. The van der Waals surface area contributed by atoms with Crippen molar-refractivity contribution in [3.63, 3.8) is 0 Å². The molecule has 1 atom stereocenters. The standard InChI is InChI=1S/C11H12BrF3N2OS/c1-10(2,3)19(18)17-5-7-4-9(11(13,14)15)16-6-8(7)12/h4-6H,1-3H3/t19-/m0/s1. The van der Waals surface area contributed by atoms with Crippen LogP contribution in [0.25, 0.3) is 0 Å². The Morgan fingerprint density at radius 1 is 1.37 bits per heavy atom. The minimum Gasteiger partial charge on any atom is -0.591 e. The molecule has 0 aliphatic rings. The van der Waals surface area contributed by atoms with Crippen LogP contribution < -0.4 is 0 Å². The summed E-state index contributed by atoms with van der Waals surface area (Å²) in [5.41, 5.74) is -0.835. The van der Waals surface area contributed by atoms with Gasteiger partial charge in [-0.15, -0.1) is 0 Å². The molecule has 1 rings (SSSR count). The lowest BCUT2D eigenvalue weighted by Crippen LogP contribution is -2.25. The Hall–Kier alpha value is -0.600. The number of halogens is 4. The first-order chi connectivity index (χ1) is 8.51. The van der Waals surface area contributed by atoms with E-state index < -0.39 is 28.0 Å². The molecule has 0 N–H and O–H groups in total. The molecule has 1 heterocycles. The van der Waals surface area contributed by atoms with Gasteiger partial charge in [0.15, 0.2) is 0 Å². The highest BCUT2D eigenvalue weighted by atomic mass is 79.9. The summed E-state index contributed by atoms with van der Waals surface area (Å²) >= 11 is 1.55. The zero-order valence-electron chi connectivity index (χ0n) is 10.5. The highest BCUT2D eigenvalue weighted by Gasteiger charge is 2.33. The molecule has 1 aromatic rings. The molecule has 1 aromatic heterocycles. The summed E-state index contributed by atoms with van der Waals surface area (Å²) in [7, 11) is 0. The van der Waals surface area contributed by atoms with Crippen LogP contribution in [0.15, 0.2) is 21.1 Å². The Balaban J connectivity index is 3.05. The summed E-state index contributed by atoms with van der Waals surface area (Å²) in [5.74, 6) is 0. The van der Waals surface area contributed by atoms with Gasteiger partial charge in [0.05, 0.1) is 6.21 Å². The predicted molar refractivity (Wildman–Crippen MR) is 72.4 cm³/mol. The van der Waals surface area contributed by atoms with Crippen molar-refractivity contribution in [2.45, 2.75) is 31.7 Å². The van der Waals surface area contributed by atoms with Gasteiger partial charge in [0.25, 0.3) is 0 Å². The van der Waals surface area contributed by atoms with Crippen LogP contribution in [-0.2, 0) is 17.5 Å². The van der Waals surface area contributed by atoms with Gasteiger partial charge in [-0.05, 0) is 42.8 Å². The SMILES string of the molecule is CC(C)(C)[S@+]([O-])N=Cc1cc(C(F)(F)F)ncc1Br. The topological polar surface area (TPSA) is 48.3 Å². The molecule has 8 heteroatoms. The van der Waals surface area contributed by atoms with Crippen LogP contribution in [0, 0.1) is 0 Å². The molecule has 0 unspecified atom stereocenters. The molecule has 0 amide bonds. The molecule has 0 spiro atoms. The fourth-order valence-electron chi connectivity index (χ4n) is 0.971. The van der Waals surface area contributed by atoms with E-state index in [1.807, 2.05) is 0 Å². The van der Waals surface area contributed by atoms with Crippen LogP contribution in [0.2, 0.25) is 0 Å². The second-order valence-corrected chi connectivity index (χ2v) is 7.47. The molecule has 0 fully saturated rings. The zero-order chi connectivity index (χ0) is 14.8. The molecule has 0 saturated carbocycles. The Morgan fingerprint density at radius 3 is 2.42 bits per heavy atom. The molecular weight excluding hydrogens is 345 g/mol. The van der Waals surface area contributed by atoms with Gasteiger partial charge < -0.3 is 4.55 Å². The molecule has 0 saturated heterocycles. The first-order valence-electron chi connectivity index (χ1n) is 5.20. The Labute approximate surface area is 120 Å². The van der Waals surface area contributed by atoms with Crippen molar-refractivity contribution in [1.82, 2.24) is 4.98 Å². The third-order valence-corrected chi connectivity index (χ3v) is 3.99. The minimum absolute atomic E-state index is 0.180. The number of hydrogen-bond acceptors (Lipinski definition) is 3. The van der Waals surface area contributed by atoms with E-state index in [1.165, 1.54) is 0 Å². The predicted octanol–water partition coefficient (Wildman–Crippen LogP) is 3.74. The molecule has 0 radical (unpaired) electrons. The van der Waals surface area contributed by atoms with Gasteiger partial charge >= 0.3 is 6.18 Å². The van der Waals surface area contributed by atoms with E-state index in [2.05, 4.69) is 25.3 Å². The van der Waals surface area contributed by atoms with Gasteiger partial charge in [0.2, 0.25) is 0 Å². The maximum absolute atomic E-state index is 12.5. The molecule has 106 valence electrons. The van der Waals surface area contributed by atoms with Crippen LogP contribution in [0.4, 0.5) is 13.2 Å². The van der Waals surface area contributed by atoms with Crippen molar-refractivity contribution in [3.05, 3.63) is 28.0 Å². The smallest absolute Gasteiger partial charge is 0.433 e. The van der Waals surface area contributed by atoms with Gasteiger partial charge in [-0.2, -0.15) is 13.2 Å². The van der Waals surface area contributed by atoms with Crippen molar-refractivity contribution in [3.8, 4) is 0 Å². The number of nitrogens with zero attached hydrogens (tertiary/aromatic N) is 2. The quantitative estimate of drug-likeness (QED) is 0.598. The fraction of sp³-hybridized carbons (Fsp3) is 0.455. The summed E-state index contributed by atoms with van der Waals surface area (Å²) < 4.78 is 52.8. The number of pyridine rings is 1. The number of alkyl halides is 3. The molecule has 0 aliphatic heterocycles. The summed E-state index contributed by atoms with van der Waals surface area (Å²) in [5, 5.41) is 0. The second kappa shape index (κ2) is 5.80. The largest absolute Gasteiger partial charge is 0.591 e. The van der Waals surface area contributed by atoms with Crippen molar-refractivity contribution < 1.29 is 17.7 Å². The third-order valence-electron chi connectivity index (χ3n) is 1.99. The highest BCUT2D eigenvalue weighted by molar-refractivity contribution is 9.10. The van der Waals surface area contributed by atoms with Crippen LogP contribution in [0.1, 0.15) is 32.0 Å². The molecule has 0 bridgehead atoms. The van der Waals surface area contributed by atoms with Crippen molar-refractivity contribution in [2.75, 3.05) is 0 Å². The summed E-state index contributed by atoms with van der Waals surface area (Å²) in [6, 6.07) is 0.855. The Bertz CT molecular complexity index is 486. The molecule has 0 aliphatic carbocycles. The van der Waals surface area contributed by atoms with Crippen molar-refractivity contribution >= 4 is 33.5 Å². The average Bonchev–Trinajstić information content (AvgIpc) is 2.24. The third kappa shape index (κ3) is 4.77. The van der Waals surface area contributed by atoms with Gasteiger partial charge in [-0.25, -0.2) is 0 Å². The van der Waals surface area contributed by atoms with Gasteiger partial charge in [-0.3, -0.25) is 4.98 Å². The highest BCUT2D eigenvalue weighted by Crippen LogP contribution is 2.29. The first-order valence-corrected chi connectivity index (χ1v) is 7.10. The van der Waals surface area contributed by atoms with E-state index in [0.717, 1.165) is 18.5 Å². The number of rotatable bonds is 2. The normalized spacial score (nSPS) is 14.9. The van der Waals surface area contributed by atoms with Crippen molar-refractivity contribution in [1.29, 1.82) is 0 Å². The van der Waals surface area contributed by atoms with Crippen LogP contribution >= 0.6 is 15.9 Å². The van der Waals surface area contributed by atoms with E-state index in [4.69, 9.17) is 0 Å². The van der Waals surface area contributed by atoms with Gasteiger partial charge in [0.1, 0.15) is 21.8 Å². The van der Waals surface area contributed by atoms with E-state index >= 15 is 0 Å². The molecule has 0 aromatic carbocycles. The maximum atomic E-state index is 12.5. The monoisotopic (exact) mass is 356 g/mol. The summed E-state index contributed by atoms with van der Waals surface area (Å²) in [4.78, 5) is 3.28. The average molecular weight is 357 g/mol. The van der Waals surface area contributed by atoms with Crippen LogP contribution in [0.3, 0.4) is 0 Å². The molecule has 3 nitrogen and oxygen atoms in total. The number of hydrogen-bond donors (Lipinski definition) is 0. The Morgan fingerprint density at radius 2 is 1.95 bits per heavy atom. The molecule has 19 heavy (non-hydrogen) atoms. The molecular formula is C11H12BrF3N2OS. The minimum atomic E-state index is -4.52. The van der Waals surface area contributed by atoms with E-state index in [9.17, 15) is 17.7 Å². The van der Waals surface area contributed by atoms with Gasteiger partial charge in [0, 0.05) is 16.2 Å². The van der Waals surface area contributed by atoms with E-state index in [1.54, 1.807) is 20.8 Å². The second-order valence-electron chi connectivity index (χ2n) is 4.68. The van der Waals surface area contributed by atoms with Crippen LogP contribution in [0.5, 0.6) is 0 Å². The van der Waals surface area contributed by atoms with Crippen LogP contribution in [-0.4, -0.2) is 20.5 Å². The van der Waals surface area contributed by atoms with E-state index in [0.29, 0.717) is 4.47 Å². The lowest BCUT2D eigenvalue weighted by Gasteiger charge is -2.17. The summed E-state index contributed by atoms with van der Waals surface area (Å²) in [6.45, 7) is 5.18. The number of aromatic nitrogens is 1. The van der Waals surface area contributed by atoms with E-state index in [-0.39, 0.29) is 5.56 Å². The lowest BCUT2D eigenvalue weighted by atomic mass is 10.2. The lowest BCUT2D eigenvalue weighted by molar-refractivity contribution is -0.141. The first kappa shape index (κ1) is 16.5. The van der Waals surface area contributed by atoms with Gasteiger partial charge in [-0.1, -0.05) is 4.40 Å². The van der Waals surface area contributed by atoms with Crippen molar-refractivity contribution in [2.24, 2.45) is 4.40 Å². The maximum Gasteiger partial charge on any atom is 0.433 e.